The van der Waals surface area contributed by atoms with E-state index in [9.17, 15) is 38.3 Å². The van der Waals surface area contributed by atoms with Gasteiger partial charge in [-0.2, -0.15) is 4.98 Å². The third kappa shape index (κ3) is 12.9. The van der Waals surface area contributed by atoms with Crippen LogP contribution in [0.2, 0.25) is 0 Å². The summed E-state index contributed by atoms with van der Waals surface area (Å²) in [6.45, 7) is 6.53. The second-order valence-corrected chi connectivity index (χ2v) is 16.7. The van der Waals surface area contributed by atoms with Crippen molar-refractivity contribution in [1.29, 1.82) is 0 Å². The maximum atomic E-state index is 15.1. The van der Waals surface area contributed by atoms with Gasteiger partial charge in [0.15, 0.2) is 5.82 Å². The maximum absolute atomic E-state index is 15.1. The molecule has 5 N–H and O–H groups in total. The molecule has 2 atom stereocenters. The van der Waals surface area contributed by atoms with E-state index in [4.69, 9.17) is 10.3 Å². The van der Waals surface area contributed by atoms with Crippen molar-refractivity contribution in [2.45, 2.75) is 65.1 Å². The summed E-state index contributed by atoms with van der Waals surface area (Å²) in [4.78, 5) is 81.4. The summed E-state index contributed by atoms with van der Waals surface area (Å²) in [5, 5.41) is 18.8. The molecule has 2 aromatic heterocycles. The van der Waals surface area contributed by atoms with E-state index in [2.05, 4.69) is 20.8 Å². The van der Waals surface area contributed by atoms with Crippen LogP contribution in [0.1, 0.15) is 62.6 Å². The van der Waals surface area contributed by atoms with Gasteiger partial charge in [0.1, 0.15) is 24.2 Å². The third-order valence-corrected chi connectivity index (χ3v) is 10.8. The summed E-state index contributed by atoms with van der Waals surface area (Å²) in [5.74, 6) is -4.98. The summed E-state index contributed by atoms with van der Waals surface area (Å²) in [6, 6.07) is 12.7. The van der Waals surface area contributed by atoms with E-state index in [0.29, 0.717) is 30.8 Å². The predicted molar refractivity (Wildman–Crippen MR) is 225 cm³/mol. The van der Waals surface area contributed by atoms with Crippen molar-refractivity contribution < 1.29 is 47.2 Å². The molecule has 0 radical (unpaired) electrons. The molecule has 1 aliphatic heterocycles. The monoisotopic (exact) mass is 876 g/mol. The molecule has 2 unspecified atom stereocenters. The van der Waals surface area contributed by atoms with Crippen LogP contribution in [0.5, 0.6) is 0 Å². The topological polar surface area (TPSA) is 223 Å². The average molecular weight is 877 g/mol. The Kier molecular flexibility index (Phi) is 16.3. The van der Waals surface area contributed by atoms with Gasteiger partial charge in [0.05, 0.1) is 11.8 Å². The molecular weight excluding hydrogens is 827 g/mol. The van der Waals surface area contributed by atoms with Crippen LogP contribution in [0.3, 0.4) is 0 Å². The van der Waals surface area contributed by atoms with Crippen LogP contribution in [0.4, 0.5) is 8.78 Å². The minimum absolute atomic E-state index is 0.0235. The lowest BCUT2D eigenvalue weighted by Crippen LogP contribution is -2.45. The third-order valence-electron chi connectivity index (χ3n) is 9.79. The molecule has 5 amide bonds. The molecule has 3 heterocycles. The van der Waals surface area contributed by atoms with E-state index in [0.717, 1.165) is 52.6 Å². The van der Waals surface area contributed by atoms with Crippen LogP contribution in [0.15, 0.2) is 77.5 Å². The highest BCUT2D eigenvalue weighted by Crippen LogP contribution is 2.41. The fraction of sp³-hybridized carbons (Fsp3) is 0.395. The van der Waals surface area contributed by atoms with Gasteiger partial charge in [0, 0.05) is 79.8 Å². The van der Waals surface area contributed by atoms with Crippen LogP contribution < -0.4 is 16.4 Å². The van der Waals surface area contributed by atoms with Gasteiger partial charge >= 0.3 is 5.97 Å². The van der Waals surface area contributed by atoms with Crippen molar-refractivity contribution in [1.82, 2.24) is 35.1 Å². The minimum atomic E-state index is -1.32. The van der Waals surface area contributed by atoms with Crippen molar-refractivity contribution in [3.8, 4) is 11.1 Å². The predicted octanol–water partition coefficient (Wildman–Crippen LogP) is 3.65. The molecule has 19 heteroatoms. The largest absolute Gasteiger partial charge is 0.480 e. The average Bonchev–Trinajstić information content (AvgIpc) is 3.94. The summed E-state index contributed by atoms with van der Waals surface area (Å²) in [5.41, 5.74) is 7.51. The number of aromatic nitrogens is 3. The molecule has 0 fully saturated rings. The number of benzene rings is 2. The smallest absolute Gasteiger partial charge is 0.327 e. The molecule has 0 spiro atoms. The zero-order valence-corrected chi connectivity index (χ0v) is 35.5. The molecule has 62 heavy (non-hydrogen) atoms. The number of aryl methyl sites for hydroxylation is 1. The Morgan fingerprint density at radius 3 is 2.40 bits per heavy atom. The molecule has 0 saturated carbocycles. The summed E-state index contributed by atoms with van der Waals surface area (Å²) < 4.78 is 36.6. The highest BCUT2D eigenvalue weighted by atomic mass is 32.2. The zero-order valence-electron chi connectivity index (χ0n) is 34.6. The lowest BCUT2D eigenvalue weighted by molar-refractivity contribution is -0.141. The number of thioether (sulfide) groups is 1. The normalized spacial score (nSPS) is 13.6. The van der Waals surface area contributed by atoms with E-state index < -0.39 is 65.3 Å². The van der Waals surface area contributed by atoms with E-state index in [1.165, 1.54) is 0 Å². The van der Waals surface area contributed by atoms with Crippen molar-refractivity contribution in [3.05, 3.63) is 108 Å². The molecular formula is C43H50F2N8O8S. The van der Waals surface area contributed by atoms with Gasteiger partial charge in [0.2, 0.25) is 23.6 Å². The van der Waals surface area contributed by atoms with Gasteiger partial charge in [-0.15, -0.1) is 11.8 Å². The minimum Gasteiger partial charge on any atom is -0.480 e. The van der Waals surface area contributed by atoms with E-state index in [-0.39, 0.29) is 67.0 Å². The number of carbonyl (C=O) groups is 6. The van der Waals surface area contributed by atoms with Crippen molar-refractivity contribution in [2.24, 2.45) is 11.1 Å². The van der Waals surface area contributed by atoms with Crippen molar-refractivity contribution in [3.63, 3.8) is 0 Å². The standard InChI is InChI=1S/C43H50F2N8O8S/c1-43(2,3)41(33-20-28(30-21-29(44)10-11-31(30)45)23-51(33)22-27-8-5-4-6-9-27)52(19-7-17-46)40(58)26-62-25-32(42(59)60)48-35(54)13-12-34-49-37(61-50-34)16-18-47-36(55)24-53-38(56)14-15-39(53)57/h4-6,8-11,14-15,20-21,23,32,41H,7,12-13,16-19,22,24-26,46H2,1-3H3,(H,47,55)(H,48,54)(H,59,60). The Hall–Kier alpha value is -6.21. The molecule has 2 aromatic carbocycles. The van der Waals surface area contributed by atoms with E-state index in [1.54, 1.807) is 17.2 Å². The first kappa shape index (κ1) is 46.8. The van der Waals surface area contributed by atoms with Gasteiger partial charge in [-0.1, -0.05) is 56.3 Å². The molecule has 4 aromatic rings. The number of carbonyl (C=O) groups excluding carboxylic acids is 5. The zero-order chi connectivity index (χ0) is 45.0. The Morgan fingerprint density at radius 1 is 1.00 bits per heavy atom. The summed E-state index contributed by atoms with van der Waals surface area (Å²) in [6.07, 6.45) is 4.37. The first-order chi connectivity index (χ1) is 29.5. The highest BCUT2D eigenvalue weighted by molar-refractivity contribution is 8.00. The number of halogens is 2. The SMILES string of the molecule is CC(C)(C)C(c1cc(-c2cc(F)ccc2F)cn1Cc1ccccc1)N(CCCN)C(=O)CSCC(NC(=O)CCc1noc(CCNC(=O)CN2C(=O)C=CC2=O)n1)C(=O)O. The number of hydrogen-bond acceptors (Lipinski definition) is 11. The summed E-state index contributed by atoms with van der Waals surface area (Å²) >= 11 is 1.05. The van der Waals surface area contributed by atoms with Gasteiger partial charge in [-0.3, -0.25) is 28.9 Å². The quantitative estimate of drug-likeness (QED) is 0.0832. The van der Waals surface area contributed by atoms with Crippen LogP contribution in [-0.2, 0) is 48.2 Å². The fourth-order valence-corrected chi connectivity index (χ4v) is 7.79. The molecule has 0 bridgehead atoms. The fourth-order valence-electron chi connectivity index (χ4n) is 6.87. The molecule has 5 rings (SSSR count). The number of hydrogen-bond donors (Lipinski definition) is 4. The maximum Gasteiger partial charge on any atom is 0.327 e. The first-order valence-corrected chi connectivity index (χ1v) is 21.1. The van der Waals surface area contributed by atoms with Crippen molar-refractivity contribution >= 4 is 47.3 Å². The number of aliphatic carboxylic acids is 1. The van der Waals surface area contributed by atoms with Crippen LogP contribution >= 0.6 is 11.8 Å². The first-order valence-electron chi connectivity index (χ1n) is 19.9. The Morgan fingerprint density at radius 2 is 1.73 bits per heavy atom. The van der Waals surface area contributed by atoms with Crippen LogP contribution in [0, 0.1) is 17.0 Å². The van der Waals surface area contributed by atoms with Crippen LogP contribution in [-0.4, -0.2) is 109 Å². The Bertz CT molecular complexity index is 2260. The molecule has 1 aliphatic rings. The summed E-state index contributed by atoms with van der Waals surface area (Å²) in [7, 11) is 0. The number of nitrogens with zero attached hydrogens (tertiary/aromatic N) is 5. The van der Waals surface area contributed by atoms with Crippen molar-refractivity contribution in [2.75, 3.05) is 37.7 Å². The number of carboxylic acids is 1. The Labute approximate surface area is 361 Å². The van der Waals surface area contributed by atoms with Crippen LogP contribution in [0.25, 0.3) is 11.1 Å². The lowest BCUT2D eigenvalue weighted by atomic mass is 9.83. The molecule has 330 valence electrons. The number of amides is 5. The highest BCUT2D eigenvalue weighted by Gasteiger charge is 2.37. The second kappa shape index (κ2) is 21.5. The second-order valence-electron chi connectivity index (χ2n) is 15.7. The van der Waals surface area contributed by atoms with E-state index >= 15 is 4.39 Å². The Balaban J connectivity index is 1.20. The molecule has 0 saturated heterocycles. The number of nitrogens with two attached hydrogens (primary N) is 1. The number of carboxylic acid groups (broad SMARTS) is 1. The number of nitrogens with one attached hydrogen (secondary N) is 2. The van der Waals surface area contributed by atoms with Gasteiger partial charge in [0.25, 0.3) is 11.8 Å². The lowest BCUT2D eigenvalue weighted by Gasteiger charge is -2.41. The molecule has 16 nitrogen and oxygen atoms in total. The number of rotatable bonds is 22. The van der Waals surface area contributed by atoms with Gasteiger partial charge in [-0.05, 0) is 48.2 Å². The molecule has 0 aliphatic carbocycles. The van der Waals surface area contributed by atoms with Gasteiger partial charge < -0.3 is 35.5 Å². The van der Waals surface area contributed by atoms with E-state index in [1.807, 2.05) is 55.7 Å². The van der Waals surface area contributed by atoms with Gasteiger partial charge in [-0.25, -0.2) is 13.6 Å². The number of imide groups is 1.